The first kappa shape index (κ1) is 15.9. The van der Waals surface area contributed by atoms with Crippen LogP contribution in [0.15, 0.2) is 60.8 Å². The van der Waals surface area contributed by atoms with Crippen molar-refractivity contribution in [3.05, 3.63) is 66.5 Å². The van der Waals surface area contributed by atoms with E-state index in [-0.39, 0.29) is 0 Å². The highest BCUT2D eigenvalue weighted by atomic mass is 16.5. The Kier molecular flexibility index (Phi) is 4.53. The molecule has 0 bridgehead atoms. The zero-order valence-corrected chi connectivity index (χ0v) is 14.6. The SMILES string of the molecule is CN1CCN(c2cccc3ccc(OCc4ccccn4)cc23)CC1. The highest BCUT2D eigenvalue weighted by molar-refractivity contribution is 5.95. The zero-order chi connectivity index (χ0) is 17.1. The summed E-state index contributed by atoms with van der Waals surface area (Å²) >= 11 is 0. The number of rotatable bonds is 4. The van der Waals surface area contributed by atoms with Gasteiger partial charge in [-0.15, -0.1) is 0 Å². The average molecular weight is 333 g/mol. The minimum Gasteiger partial charge on any atom is -0.487 e. The number of aromatic nitrogens is 1. The molecule has 128 valence electrons. The van der Waals surface area contributed by atoms with Crippen LogP contribution in [0.1, 0.15) is 5.69 Å². The standard InChI is InChI=1S/C21H23N3O/c1-23-11-13-24(14-12-23)21-7-4-5-17-8-9-19(15-20(17)21)25-16-18-6-2-3-10-22-18/h2-10,15H,11-14,16H2,1H3. The molecule has 1 aliphatic rings. The molecule has 4 rings (SSSR count). The van der Waals surface area contributed by atoms with Gasteiger partial charge in [0.2, 0.25) is 0 Å². The third kappa shape index (κ3) is 3.59. The minimum absolute atomic E-state index is 0.489. The molecule has 2 heterocycles. The van der Waals surface area contributed by atoms with Gasteiger partial charge in [-0.25, -0.2) is 0 Å². The summed E-state index contributed by atoms with van der Waals surface area (Å²) in [5, 5.41) is 2.51. The first-order valence-corrected chi connectivity index (χ1v) is 8.78. The third-order valence-electron chi connectivity index (χ3n) is 4.79. The quantitative estimate of drug-likeness (QED) is 0.730. The fourth-order valence-corrected chi connectivity index (χ4v) is 3.29. The summed E-state index contributed by atoms with van der Waals surface area (Å²) < 4.78 is 5.97. The molecule has 3 aromatic rings. The van der Waals surface area contributed by atoms with E-state index in [9.17, 15) is 0 Å². The van der Waals surface area contributed by atoms with Gasteiger partial charge in [-0.3, -0.25) is 4.98 Å². The van der Waals surface area contributed by atoms with Crippen LogP contribution in [0.2, 0.25) is 0 Å². The topological polar surface area (TPSA) is 28.6 Å². The van der Waals surface area contributed by atoms with Crippen LogP contribution in [-0.2, 0) is 6.61 Å². The van der Waals surface area contributed by atoms with Gasteiger partial charge in [-0.05, 0) is 42.8 Å². The van der Waals surface area contributed by atoms with Gasteiger partial charge >= 0.3 is 0 Å². The lowest BCUT2D eigenvalue weighted by molar-refractivity contribution is 0.301. The van der Waals surface area contributed by atoms with Crippen LogP contribution in [0, 0.1) is 0 Å². The molecular weight excluding hydrogens is 310 g/mol. The van der Waals surface area contributed by atoms with Crippen molar-refractivity contribution in [2.24, 2.45) is 0 Å². The minimum atomic E-state index is 0.489. The van der Waals surface area contributed by atoms with Crippen LogP contribution in [0.4, 0.5) is 5.69 Å². The number of piperazine rings is 1. The molecule has 0 aliphatic carbocycles. The van der Waals surface area contributed by atoms with Crippen LogP contribution in [0.3, 0.4) is 0 Å². The number of likely N-dealkylation sites (N-methyl/N-ethyl adjacent to an activating group) is 1. The number of ether oxygens (including phenoxy) is 1. The van der Waals surface area contributed by atoms with E-state index in [4.69, 9.17) is 4.74 Å². The maximum Gasteiger partial charge on any atom is 0.130 e. The molecule has 0 spiro atoms. The van der Waals surface area contributed by atoms with E-state index in [1.165, 1.54) is 16.5 Å². The maximum atomic E-state index is 5.97. The summed E-state index contributed by atoms with van der Waals surface area (Å²) in [5.41, 5.74) is 2.24. The van der Waals surface area contributed by atoms with Crippen molar-refractivity contribution in [2.45, 2.75) is 6.61 Å². The summed E-state index contributed by atoms with van der Waals surface area (Å²) in [5.74, 6) is 0.889. The van der Waals surface area contributed by atoms with Crippen molar-refractivity contribution in [3.8, 4) is 5.75 Å². The van der Waals surface area contributed by atoms with E-state index in [2.05, 4.69) is 52.2 Å². The Morgan fingerprint density at radius 3 is 2.64 bits per heavy atom. The zero-order valence-electron chi connectivity index (χ0n) is 14.6. The van der Waals surface area contributed by atoms with Crippen molar-refractivity contribution < 1.29 is 4.74 Å². The van der Waals surface area contributed by atoms with Crippen molar-refractivity contribution in [1.29, 1.82) is 0 Å². The third-order valence-corrected chi connectivity index (χ3v) is 4.79. The van der Waals surface area contributed by atoms with E-state index < -0.39 is 0 Å². The Morgan fingerprint density at radius 1 is 0.960 bits per heavy atom. The number of hydrogen-bond acceptors (Lipinski definition) is 4. The lowest BCUT2D eigenvalue weighted by Gasteiger charge is -2.34. The molecule has 25 heavy (non-hydrogen) atoms. The van der Waals surface area contributed by atoms with Gasteiger partial charge in [0, 0.05) is 43.4 Å². The van der Waals surface area contributed by atoms with E-state index in [0.717, 1.165) is 37.6 Å². The second kappa shape index (κ2) is 7.11. The summed E-state index contributed by atoms with van der Waals surface area (Å²) in [6.45, 7) is 4.82. The van der Waals surface area contributed by atoms with Gasteiger partial charge in [-0.1, -0.05) is 24.3 Å². The number of benzene rings is 2. The molecule has 1 aliphatic heterocycles. The van der Waals surface area contributed by atoms with Crippen molar-refractivity contribution >= 4 is 16.5 Å². The van der Waals surface area contributed by atoms with Crippen molar-refractivity contribution in [2.75, 3.05) is 38.1 Å². The van der Waals surface area contributed by atoms with Gasteiger partial charge in [0.1, 0.15) is 12.4 Å². The van der Waals surface area contributed by atoms with Crippen molar-refractivity contribution in [1.82, 2.24) is 9.88 Å². The Balaban J connectivity index is 1.59. The second-order valence-electron chi connectivity index (χ2n) is 6.56. The number of hydrogen-bond donors (Lipinski definition) is 0. The molecule has 0 radical (unpaired) electrons. The molecule has 4 heteroatoms. The Hall–Kier alpha value is -2.59. The molecular formula is C21H23N3O. The molecule has 4 nitrogen and oxygen atoms in total. The Bertz CT molecular complexity index is 842. The highest BCUT2D eigenvalue weighted by Gasteiger charge is 2.16. The Morgan fingerprint density at radius 2 is 1.84 bits per heavy atom. The first-order valence-electron chi connectivity index (χ1n) is 8.78. The molecule has 0 amide bonds. The van der Waals surface area contributed by atoms with Gasteiger partial charge in [0.15, 0.2) is 0 Å². The number of anilines is 1. The molecule has 0 N–H and O–H groups in total. The van der Waals surface area contributed by atoms with Crippen LogP contribution in [-0.4, -0.2) is 43.1 Å². The van der Waals surface area contributed by atoms with Crippen LogP contribution in [0.5, 0.6) is 5.75 Å². The normalized spacial score (nSPS) is 15.5. The van der Waals surface area contributed by atoms with E-state index in [1.807, 2.05) is 24.3 Å². The van der Waals surface area contributed by atoms with Crippen LogP contribution >= 0.6 is 0 Å². The van der Waals surface area contributed by atoms with Gasteiger partial charge in [-0.2, -0.15) is 0 Å². The van der Waals surface area contributed by atoms with E-state index >= 15 is 0 Å². The van der Waals surface area contributed by atoms with Gasteiger partial charge in [0.25, 0.3) is 0 Å². The Labute approximate surface area is 148 Å². The molecule has 1 fully saturated rings. The molecule has 1 saturated heterocycles. The summed E-state index contributed by atoms with van der Waals surface area (Å²) in [6, 6.07) is 18.8. The highest BCUT2D eigenvalue weighted by Crippen LogP contribution is 2.31. The predicted octanol–water partition coefficient (Wildman–Crippen LogP) is 3.57. The molecule has 0 saturated carbocycles. The monoisotopic (exact) mass is 333 g/mol. The summed E-state index contributed by atoms with van der Waals surface area (Å²) in [6.07, 6.45) is 1.80. The molecule has 1 aromatic heterocycles. The molecule has 2 aromatic carbocycles. The predicted molar refractivity (Wildman–Crippen MR) is 102 cm³/mol. The van der Waals surface area contributed by atoms with Crippen molar-refractivity contribution in [3.63, 3.8) is 0 Å². The fourth-order valence-electron chi connectivity index (χ4n) is 3.29. The van der Waals surface area contributed by atoms with E-state index in [0.29, 0.717) is 6.61 Å². The number of nitrogens with zero attached hydrogens (tertiary/aromatic N) is 3. The lowest BCUT2D eigenvalue weighted by atomic mass is 10.1. The maximum absolute atomic E-state index is 5.97. The fraction of sp³-hybridized carbons (Fsp3) is 0.286. The van der Waals surface area contributed by atoms with Crippen LogP contribution in [0.25, 0.3) is 10.8 Å². The molecule has 0 unspecified atom stereocenters. The lowest BCUT2D eigenvalue weighted by Crippen LogP contribution is -2.44. The van der Waals surface area contributed by atoms with Crippen LogP contribution < -0.4 is 9.64 Å². The smallest absolute Gasteiger partial charge is 0.130 e. The largest absolute Gasteiger partial charge is 0.487 e. The summed E-state index contributed by atoms with van der Waals surface area (Å²) in [4.78, 5) is 9.17. The number of fused-ring (bicyclic) bond motifs is 1. The first-order chi connectivity index (χ1) is 12.3. The van der Waals surface area contributed by atoms with Gasteiger partial charge in [0.05, 0.1) is 5.69 Å². The number of pyridine rings is 1. The van der Waals surface area contributed by atoms with E-state index in [1.54, 1.807) is 6.20 Å². The molecule has 0 atom stereocenters. The second-order valence-corrected chi connectivity index (χ2v) is 6.56. The average Bonchev–Trinajstić information content (AvgIpc) is 2.67. The van der Waals surface area contributed by atoms with Gasteiger partial charge < -0.3 is 14.5 Å². The summed E-state index contributed by atoms with van der Waals surface area (Å²) in [7, 11) is 2.18.